The molecule has 3 rings (SSSR count). The van der Waals surface area contributed by atoms with Crippen molar-refractivity contribution in [2.45, 2.75) is 39.5 Å². The summed E-state index contributed by atoms with van der Waals surface area (Å²) >= 11 is 1.71. The number of hydrogen-bond acceptors (Lipinski definition) is 5. The fourth-order valence-electron chi connectivity index (χ4n) is 4.21. The molecule has 1 saturated heterocycles. The maximum Gasteiger partial charge on any atom is 0.253 e. The second-order valence-electron chi connectivity index (χ2n) is 8.55. The van der Waals surface area contributed by atoms with Crippen molar-refractivity contribution in [3.63, 3.8) is 0 Å². The minimum atomic E-state index is -0.0376. The lowest BCUT2D eigenvalue weighted by atomic mass is 10.1. The van der Waals surface area contributed by atoms with E-state index in [1.807, 2.05) is 41.2 Å². The van der Waals surface area contributed by atoms with Crippen molar-refractivity contribution in [3.05, 3.63) is 52.2 Å². The number of nitrogens with zero attached hydrogens (tertiary/aromatic N) is 3. The van der Waals surface area contributed by atoms with Gasteiger partial charge in [-0.2, -0.15) is 0 Å². The average molecular weight is 485 g/mol. The molecular formula is C26H36N4O3S. The summed E-state index contributed by atoms with van der Waals surface area (Å²) in [4.78, 5) is 45.1. The van der Waals surface area contributed by atoms with Crippen LogP contribution >= 0.6 is 11.3 Å². The van der Waals surface area contributed by atoms with E-state index < -0.39 is 0 Å². The fourth-order valence-corrected chi connectivity index (χ4v) is 4.97. The summed E-state index contributed by atoms with van der Waals surface area (Å²) in [6, 6.07) is 11.3. The molecule has 1 aromatic heterocycles. The topological polar surface area (TPSA) is 73.0 Å². The van der Waals surface area contributed by atoms with Gasteiger partial charge in [-0.3, -0.25) is 19.3 Å². The van der Waals surface area contributed by atoms with E-state index in [2.05, 4.69) is 16.3 Å². The summed E-state index contributed by atoms with van der Waals surface area (Å²) in [5.74, 6) is 0.0683. The summed E-state index contributed by atoms with van der Waals surface area (Å²) in [6.45, 7) is 8.55. The lowest BCUT2D eigenvalue weighted by Gasteiger charge is -2.25. The van der Waals surface area contributed by atoms with Crippen LogP contribution < -0.4 is 5.32 Å². The van der Waals surface area contributed by atoms with Gasteiger partial charge in [-0.1, -0.05) is 12.1 Å². The molecule has 8 heteroatoms. The van der Waals surface area contributed by atoms with Gasteiger partial charge < -0.3 is 15.1 Å². The molecule has 0 unspecified atom stereocenters. The molecule has 2 heterocycles. The monoisotopic (exact) mass is 484 g/mol. The number of amides is 3. The molecule has 1 aromatic carbocycles. The highest BCUT2D eigenvalue weighted by molar-refractivity contribution is 7.09. The third-order valence-electron chi connectivity index (χ3n) is 6.15. The Labute approximate surface area is 206 Å². The highest BCUT2D eigenvalue weighted by atomic mass is 32.1. The van der Waals surface area contributed by atoms with Crippen LogP contribution in [0.15, 0.2) is 41.8 Å². The molecule has 7 nitrogen and oxygen atoms in total. The molecule has 0 bridgehead atoms. The van der Waals surface area contributed by atoms with Crippen molar-refractivity contribution in [3.8, 4) is 0 Å². The molecule has 1 fully saturated rings. The van der Waals surface area contributed by atoms with Gasteiger partial charge in [-0.15, -0.1) is 11.3 Å². The zero-order valence-corrected chi connectivity index (χ0v) is 21.1. The van der Waals surface area contributed by atoms with Crippen LogP contribution in [0, 0.1) is 0 Å². The van der Waals surface area contributed by atoms with E-state index >= 15 is 0 Å². The van der Waals surface area contributed by atoms with Crippen LogP contribution in [0.1, 0.15) is 48.3 Å². The average Bonchev–Trinajstić information content (AvgIpc) is 3.24. The Balaban J connectivity index is 1.50. The van der Waals surface area contributed by atoms with Crippen molar-refractivity contribution < 1.29 is 14.4 Å². The molecule has 1 aliphatic rings. The van der Waals surface area contributed by atoms with Gasteiger partial charge >= 0.3 is 0 Å². The molecular weight excluding hydrogens is 448 g/mol. The summed E-state index contributed by atoms with van der Waals surface area (Å²) in [5, 5.41) is 4.97. The largest absolute Gasteiger partial charge is 0.342 e. The van der Waals surface area contributed by atoms with E-state index in [-0.39, 0.29) is 17.7 Å². The highest BCUT2D eigenvalue weighted by Crippen LogP contribution is 2.16. The van der Waals surface area contributed by atoms with E-state index in [4.69, 9.17) is 0 Å². The number of carbonyl (C=O) groups is 3. The lowest BCUT2D eigenvalue weighted by molar-refractivity contribution is -0.132. The van der Waals surface area contributed by atoms with Crippen LogP contribution in [-0.4, -0.2) is 78.2 Å². The minimum absolute atomic E-state index is 0.0364. The van der Waals surface area contributed by atoms with E-state index in [0.717, 1.165) is 38.9 Å². The van der Waals surface area contributed by atoms with E-state index in [1.165, 1.54) is 4.88 Å². The number of thiophene rings is 1. The van der Waals surface area contributed by atoms with Crippen LogP contribution in [-0.2, 0) is 16.0 Å². The number of benzene rings is 1. The quantitative estimate of drug-likeness (QED) is 0.558. The van der Waals surface area contributed by atoms with Gasteiger partial charge in [0.15, 0.2) is 0 Å². The van der Waals surface area contributed by atoms with Gasteiger partial charge in [0.2, 0.25) is 11.8 Å². The van der Waals surface area contributed by atoms with Gasteiger partial charge in [-0.25, -0.2) is 0 Å². The van der Waals surface area contributed by atoms with Crippen LogP contribution in [0.2, 0.25) is 0 Å². The van der Waals surface area contributed by atoms with Crippen LogP contribution in [0.5, 0.6) is 0 Å². The normalized spacial score (nSPS) is 14.5. The molecule has 184 valence electrons. The van der Waals surface area contributed by atoms with Gasteiger partial charge in [0.25, 0.3) is 5.91 Å². The zero-order valence-electron chi connectivity index (χ0n) is 20.3. The minimum Gasteiger partial charge on any atom is -0.342 e. The fraction of sp³-hybridized carbons (Fsp3) is 0.500. The highest BCUT2D eigenvalue weighted by Gasteiger charge is 2.22. The van der Waals surface area contributed by atoms with Crippen LogP contribution in [0.25, 0.3) is 0 Å². The van der Waals surface area contributed by atoms with Crippen molar-refractivity contribution in [2.75, 3.05) is 51.1 Å². The first-order valence-corrected chi connectivity index (χ1v) is 13.1. The number of likely N-dealkylation sites (N-methyl/N-ethyl adjacent to an activating group) is 1. The zero-order chi connectivity index (χ0) is 24.3. The van der Waals surface area contributed by atoms with E-state index in [9.17, 15) is 14.4 Å². The number of carbonyl (C=O) groups excluding carboxylic acids is 3. The molecule has 1 N–H and O–H groups in total. The smallest absolute Gasteiger partial charge is 0.253 e. The van der Waals surface area contributed by atoms with Gasteiger partial charge in [-0.05, 0) is 62.8 Å². The first-order valence-electron chi connectivity index (χ1n) is 12.2. The molecule has 0 atom stereocenters. The van der Waals surface area contributed by atoms with Crippen molar-refractivity contribution in [1.29, 1.82) is 0 Å². The third-order valence-corrected chi connectivity index (χ3v) is 7.09. The van der Waals surface area contributed by atoms with Crippen LogP contribution in [0.4, 0.5) is 5.69 Å². The summed E-state index contributed by atoms with van der Waals surface area (Å²) in [6.07, 6.45) is 2.98. The maximum absolute atomic E-state index is 13.1. The van der Waals surface area contributed by atoms with Crippen molar-refractivity contribution in [1.82, 2.24) is 14.7 Å². The Bertz CT molecular complexity index is 943. The Morgan fingerprint density at radius 2 is 1.85 bits per heavy atom. The second kappa shape index (κ2) is 13.2. The second-order valence-corrected chi connectivity index (χ2v) is 9.58. The Kier molecular flexibility index (Phi) is 10.1. The molecule has 2 aromatic rings. The van der Waals surface area contributed by atoms with E-state index in [0.29, 0.717) is 43.9 Å². The number of aryl methyl sites for hydroxylation is 1. The number of rotatable bonds is 10. The number of anilines is 1. The third kappa shape index (κ3) is 7.67. The van der Waals surface area contributed by atoms with Crippen LogP contribution in [0.3, 0.4) is 0 Å². The Morgan fingerprint density at radius 1 is 1.03 bits per heavy atom. The maximum atomic E-state index is 13.1. The van der Waals surface area contributed by atoms with Gasteiger partial charge in [0, 0.05) is 61.8 Å². The molecule has 0 spiro atoms. The van der Waals surface area contributed by atoms with Gasteiger partial charge in [0.1, 0.15) is 0 Å². The number of hydrogen-bond donors (Lipinski definition) is 1. The SMILES string of the molecule is CCN(CC)C(=O)CN1CCCN(C(=O)c2cccc(NC(=O)CCCc3cccs3)c2)CC1. The predicted molar refractivity (Wildman–Crippen MR) is 137 cm³/mol. The van der Waals surface area contributed by atoms with Gasteiger partial charge in [0.05, 0.1) is 6.54 Å². The van der Waals surface area contributed by atoms with E-state index in [1.54, 1.807) is 29.5 Å². The Morgan fingerprint density at radius 3 is 2.59 bits per heavy atom. The first kappa shape index (κ1) is 25.9. The molecule has 0 saturated carbocycles. The summed E-state index contributed by atoms with van der Waals surface area (Å²) in [5.41, 5.74) is 1.22. The lowest BCUT2D eigenvalue weighted by Crippen LogP contribution is -2.42. The molecule has 1 aliphatic heterocycles. The standard InChI is InChI=1S/C26H36N4O3S/c1-3-29(4-2)25(32)20-28-14-8-15-30(17-16-28)26(33)21-9-5-10-22(19-21)27-24(31)13-6-11-23-12-7-18-34-23/h5,7,9-10,12,18-19H,3-4,6,8,11,13-17,20H2,1-2H3,(H,27,31). The molecule has 3 amide bonds. The molecule has 0 aliphatic carbocycles. The summed E-state index contributed by atoms with van der Waals surface area (Å²) < 4.78 is 0. The van der Waals surface area contributed by atoms with Crippen molar-refractivity contribution in [2.24, 2.45) is 0 Å². The Hall–Kier alpha value is -2.71. The summed E-state index contributed by atoms with van der Waals surface area (Å²) in [7, 11) is 0. The van der Waals surface area contributed by atoms with Crippen molar-refractivity contribution >= 4 is 34.7 Å². The molecule has 0 radical (unpaired) electrons. The predicted octanol–water partition coefficient (Wildman–Crippen LogP) is 3.73. The first-order chi connectivity index (χ1) is 16.5. The number of nitrogens with one attached hydrogen (secondary N) is 1. The molecule has 34 heavy (non-hydrogen) atoms.